The third-order valence-corrected chi connectivity index (χ3v) is 4.47. The van der Waals surface area contributed by atoms with E-state index in [-0.39, 0.29) is 10.2 Å². The van der Waals surface area contributed by atoms with E-state index in [0.717, 1.165) is 18.0 Å². The molecule has 0 radical (unpaired) electrons. The lowest BCUT2D eigenvalue weighted by molar-refractivity contribution is 0.566. The van der Waals surface area contributed by atoms with Crippen LogP contribution in [0.15, 0.2) is 41.6 Å². The zero-order valence-electron chi connectivity index (χ0n) is 11.0. The summed E-state index contributed by atoms with van der Waals surface area (Å²) in [5, 5.41) is 8.72. The molecule has 1 unspecified atom stereocenters. The largest absolute Gasteiger partial charge is 0.244 e. The molecule has 0 spiro atoms. The Kier molecular flexibility index (Phi) is 4.53. The van der Waals surface area contributed by atoms with Gasteiger partial charge in [0.15, 0.2) is 0 Å². The summed E-state index contributed by atoms with van der Waals surface area (Å²) in [5.74, 6) is 0. The third kappa shape index (κ3) is 3.76. The second-order valence-corrected chi connectivity index (χ2v) is 6.32. The van der Waals surface area contributed by atoms with Crippen molar-refractivity contribution in [1.82, 2.24) is 14.7 Å². The number of aromatic nitrogens is 2. The van der Waals surface area contributed by atoms with Crippen molar-refractivity contribution in [3.63, 3.8) is 0 Å². The molecule has 1 aromatic carbocycles. The average Bonchev–Trinajstić information content (AvgIpc) is 2.47. The highest BCUT2D eigenvalue weighted by Gasteiger charge is 2.19. The molecule has 1 N–H and O–H groups in total. The van der Waals surface area contributed by atoms with Crippen LogP contribution in [0.2, 0.25) is 5.28 Å². The summed E-state index contributed by atoms with van der Waals surface area (Å²) in [6.45, 7) is 1.70. The second-order valence-electron chi connectivity index (χ2n) is 4.26. The number of benzene rings is 1. The summed E-state index contributed by atoms with van der Waals surface area (Å²) in [6, 6.07) is 8.20. The highest BCUT2D eigenvalue weighted by atomic mass is 35.5. The van der Waals surface area contributed by atoms with Crippen molar-refractivity contribution in [1.29, 1.82) is 5.26 Å². The number of hydrogen-bond acceptors (Lipinski definition) is 5. The third-order valence-electron chi connectivity index (χ3n) is 2.78. The molecule has 21 heavy (non-hydrogen) atoms. The van der Waals surface area contributed by atoms with Gasteiger partial charge in [-0.15, -0.1) is 0 Å². The number of halogens is 1. The van der Waals surface area contributed by atoms with Crippen molar-refractivity contribution in [2.45, 2.75) is 17.9 Å². The van der Waals surface area contributed by atoms with Crippen LogP contribution in [0, 0.1) is 11.3 Å². The molecule has 0 saturated carbocycles. The van der Waals surface area contributed by atoms with Gasteiger partial charge in [0, 0.05) is 6.04 Å². The molecule has 8 heteroatoms. The van der Waals surface area contributed by atoms with E-state index in [0.29, 0.717) is 5.56 Å². The zero-order chi connectivity index (χ0) is 15.5. The fourth-order valence-corrected chi connectivity index (χ4v) is 2.87. The van der Waals surface area contributed by atoms with Crippen molar-refractivity contribution in [2.75, 3.05) is 0 Å². The maximum absolute atomic E-state index is 12.2. The summed E-state index contributed by atoms with van der Waals surface area (Å²) >= 11 is 5.53. The van der Waals surface area contributed by atoms with Crippen LogP contribution >= 0.6 is 11.6 Å². The SMILES string of the molecule is CC(NS(=O)(=O)c1cnc(Cl)nc1)c1ccc(C#N)cc1. The molecule has 0 aliphatic rings. The molecule has 0 saturated heterocycles. The first-order valence-corrected chi connectivity index (χ1v) is 7.78. The van der Waals surface area contributed by atoms with Gasteiger partial charge in [0.25, 0.3) is 0 Å². The summed E-state index contributed by atoms with van der Waals surface area (Å²) in [5.41, 5.74) is 1.26. The highest BCUT2D eigenvalue weighted by Crippen LogP contribution is 2.17. The van der Waals surface area contributed by atoms with E-state index in [1.54, 1.807) is 31.2 Å². The molecule has 2 aromatic rings. The number of sulfonamides is 1. The standard InChI is InChI=1S/C13H11ClN4O2S/c1-9(11-4-2-10(6-15)3-5-11)18-21(19,20)12-7-16-13(14)17-8-12/h2-5,7-9,18H,1H3. The molecule has 0 aliphatic carbocycles. The molecule has 1 atom stereocenters. The van der Waals surface area contributed by atoms with E-state index in [1.165, 1.54) is 0 Å². The predicted octanol–water partition coefficient (Wildman–Crippen LogP) is 2.04. The Morgan fingerprint density at radius 2 is 1.81 bits per heavy atom. The molecule has 1 heterocycles. The van der Waals surface area contributed by atoms with E-state index in [2.05, 4.69) is 14.7 Å². The van der Waals surface area contributed by atoms with Gasteiger partial charge in [0.1, 0.15) is 4.90 Å². The molecule has 6 nitrogen and oxygen atoms in total. The molecule has 0 bridgehead atoms. The lowest BCUT2D eigenvalue weighted by atomic mass is 10.1. The van der Waals surface area contributed by atoms with Crippen molar-refractivity contribution in [3.8, 4) is 6.07 Å². The van der Waals surface area contributed by atoms with Crippen LogP contribution in [-0.2, 0) is 10.0 Å². The van der Waals surface area contributed by atoms with Gasteiger partial charge in [0.2, 0.25) is 15.3 Å². The zero-order valence-corrected chi connectivity index (χ0v) is 12.6. The van der Waals surface area contributed by atoms with Gasteiger partial charge in [-0.3, -0.25) is 0 Å². The van der Waals surface area contributed by atoms with Gasteiger partial charge in [0.05, 0.1) is 24.0 Å². The topological polar surface area (TPSA) is 95.7 Å². The van der Waals surface area contributed by atoms with E-state index in [1.807, 2.05) is 6.07 Å². The smallest absolute Gasteiger partial charge is 0.225 e. The maximum Gasteiger partial charge on any atom is 0.244 e. The van der Waals surface area contributed by atoms with Crippen LogP contribution < -0.4 is 4.72 Å². The first kappa shape index (κ1) is 15.4. The summed E-state index contributed by atoms with van der Waals surface area (Å²) < 4.78 is 26.8. The molecular weight excluding hydrogens is 312 g/mol. The lowest BCUT2D eigenvalue weighted by Gasteiger charge is -2.14. The van der Waals surface area contributed by atoms with E-state index < -0.39 is 16.1 Å². The minimum atomic E-state index is -3.74. The number of nitrogens with one attached hydrogen (secondary N) is 1. The first-order valence-electron chi connectivity index (χ1n) is 5.92. The van der Waals surface area contributed by atoms with Crippen LogP contribution in [0.3, 0.4) is 0 Å². The van der Waals surface area contributed by atoms with Crippen molar-refractivity contribution >= 4 is 21.6 Å². The quantitative estimate of drug-likeness (QED) is 0.869. The number of rotatable bonds is 4. The first-order chi connectivity index (χ1) is 9.92. The van der Waals surface area contributed by atoms with Crippen LogP contribution in [0.4, 0.5) is 0 Å². The van der Waals surface area contributed by atoms with Crippen LogP contribution in [0.1, 0.15) is 24.1 Å². The van der Waals surface area contributed by atoms with Gasteiger partial charge in [-0.25, -0.2) is 23.1 Å². The number of hydrogen-bond donors (Lipinski definition) is 1. The highest BCUT2D eigenvalue weighted by molar-refractivity contribution is 7.89. The van der Waals surface area contributed by atoms with Crippen molar-refractivity contribution in [2.24, 2.45) is 0 Å². The Labute approximate surface area is 127 Å². The Morgan fingerprint density at radius 1 is 1.24 bits per heavy atom. The minimum absolute atomic E-state index is 0.0194. The fourth-order valence-electron chi connectivity index (χ4n) is 1.65. The monoisotopic (exact) mass is 322 g/mol. The van der Waals surface area contributed by atoms with Crippen molar-refractivity contribution in [3.05, 3.63) is 53.1 Å². The molecule has 108 valence electrons. The van der Waals surface area contributed by atoms with Crippen LogP contribution in [-0.4, -0.2) is 18.4 Å². The van der Waals surface area contributed by atoms with Crippen molar-refractivity contribution < 1.29 is 8.42 Å². The lowest BCUT2D eigenvalue weighted by Crippen LogP contribution is -2.27. The molecule has 0 fully saturated rings. The summed E-state index contributed by atoms with van der Waals surface area (Å²) in [4.78, 5) is 7.23. The van der Waals surface area contributed by atoms with E-state index >= 15 is 0 Å². The number of nitrogens with zero attached hydrogens (tertiary/aromatic N) is 3. The van der Waals surface area contributed by atoms with Crippen LogP contribution in [0.25, 0.3) is 0 Å². The van der Waals surface area contributed by atoms with Gasteiger partial charge < -0.3 is 0 Å². The van der Waals surface area contributed by atoms with Gasteiger partial charge >= 0.3 is 0 Å². The Hall–Kier alpha value is -2.01. The predicted molar refractivity (Wildman–Crippen MR) is 76.9 cm³/mol. The summed E-state index contributed by atoms with van der Waals surface area (Å²) in [7, 11) is -3.74. The molecular formula is C13H11ClN4O2S. The second kappa shape index (κ2) is 6.18. The summed E-state index contributed by atoms with van der Waals surface area (Å²) in [6.07, 6.45) is 2.28. The van der Waals surface area contributed by atoms with Gasteiger partial charge in [-0.2, -0.15) is 5.26 Å². The molecule has 2 rings (SSSR count). The van der Waals surface area contributed by atoms with E-state index in [4.69, 9.17) is 16.9 Å². The van der Waals surface area contributed by atoms with Gasteiger partial charge in [-0.1, -0.05) is 12.1 Å². The molecule has 0 aliphatic heterocycles. The van der Waals surface area contributed by atoms with Crippen LogP contribution in [0.5, 0.6) is 0 Å². The Bertz CT molecular complexity index is 767. The molecule has 1 aromatic heterocycles. The number of nitriles is 1. The fraction of sp³-hybridized carbons (Fsp3) is 0.154. The van der Waals surface area contributed by atoms with Gasteiger partial charge in [-0.05, 0) is 36.2 Å². The minimum Gasteiger partial charge on any atom is -0.225 e. The van der Waals surface area contributed by atoms with E-state index in [9.17, 15) is 8.42 Å². The maximum atomic E-state index is 12.2. The average molecular weight is 323 g/mol. The Balaban J connectivity index is 2.19. The molecule has 0 amide bonds. The Morgan fingerprint density at radius 3 is 2.33 bits per heavy atom. The normalized spacial score (nSPS) is 12.6.